The number of halogens is 1. The van der Waals surface area contributed by atoms with Crippen LogP contribution in [0.4, 0.5) is 0 Å². The van der Waals surface area contributed by atoms with Crippen LogP contribution in [0.15, 0.2) is 0 Å². The van der Waals surface area contributed by atoms with E-state index >= 15 is 0 Å². The van der Waals surface area contributed by atoms with E-state index in [4.69, 9.17) is 11.6 Å². The van der Waals surface area contributed by atoms with E-state index in [0.29, 0.717) is 6.04 Å². The maximum absolute atomic E-state index is 6.30. The molecule has 0 bridgehead atoms. The van der Waals surface area contributed by atoms with Crippen LogP contribution < -0.4 is 5.32 Å². The van der Waals surface area contributed by atoms with Gasteiger partial charge in [-0.2, -0.15) is 5.10 Å². The van der Waals surface area contributed by atoms with E-state index in [1.807, 2.05) is 14.0 Å². The zero-order chi connectivity index (χ0) is 12.4. The monoisotopic (exact) mass is 255 g/mol. The fourth-order valence-electron chi connectivity index (χ4n) is 2.64. The van der Waals surface area contributed by atoms with Gasteiger partial charge in [-0.3, -0.25) is 4.68 Å². The molecule has 0 radical (unpaired) electrons. The van der Waals surface area contributed by atoms with Crippen LogP contribution in [0.5, 0.6) is 0 Å². The number of rotatable bonds is 5. The summed E-state index contributed by atoms with van der Waals surface area (Å²) in [5, 5.41) is 8.78. The summed E-state index contributed by atoms with van der Waals surface area (Å²) in [5.41, 5.74) is 2.28. The lowest BCUT2D eigenvalue weighted by molar-refractivity contribution is 0.229. The molecule has 3 nitrogen and oxygen atoms in total. The molecule has 1 heterocycles. The Morgan fingerprint density at radius 2 is 2.24 bits per heavy atom. The SMILES string of the molecule is CCNC(Cc1c(C)nn(C)c1Cl)C1CCC1. The molecule has 0 aliphatic heterocycles. The van der Waals surface area contributed by atoms with E-state index < -0.39 is 0 Å². The summed E-state index contributed by atoms with van der Waals surface area (Å²) in [6, 6.07) is 0.564. The summed E-state index contributed by atoms with van der Waals surface area (Å²) in [4.78, 5) is 0. The Hall–Kier alpha value is -0.540. The molecule has 0 saturated heterocycles. The van der Waals surface area contributed by atoms with Gasteiger partial charge in [-0.05, 0) is 38.6 Å². The summed E-state index contributed by atoms with van der Waals surface area (Å²) < 4.78 is 1.77. The Bertz CT molecular complexity index is 382. The van der Waals surface area contributed by atoms with Gasteiger partial charge >= 0.3 is 0 Å². The molecule has 1 saturated carbocycles. The number of hydrogen-bond donors (Lipinski definition) is 1. The lowest BCUT2D eigenvalue weighted by Crippen LogP contribution is -2.41. The van der Waals surface area contributed by atoms with E-state index in [2.05, 4.69) is 17.3 Å². The summed E-state index contributed by atoms with van der Waals surface area (Å²) in [5.74, 6) is 0.825. The molecular weight excluding hydrogens is 234 g/mol. The molecule has 0 amide bonds. The van der Waals surface area contributed by atoms with Gasteiger partial charge in [0.25, 0.3) is 0 Å². The summed E-state index contributed by atoms with van der Waals surface area (Å²) in [6.07, 6.45) is 5.10. The summed E-state index contributed by atoms with van der Waals surface area (Å²) in [7, 11) is 1.91. The third-order valence-corrected chi connectivity index (χ3v) is 4.35. The minimum absolute atomic E-state index is 0.564. The molecule has 0 spiro atoms. The zero-order valence-corrected chi connectivity index (χ0v) is 11.7. The van der Waals surface area contributed by atoms with Crippen molar-refractivity contribution < 1.29 is 0 Å². The van der Waals surface area contributed by atoms with Crippen molar-refractivity contribution in [1.29, 1.82) is 0 Å². The van der Waals surface area contributed by atoms with Crippen molar-refractivity contribution in [3.63, 3.8) is 0 Å². The van der Waals surface area contributed by atoms with Crippen molar-refractivity contribution in [3.05, 3.63) is 16.4 Å². The van der Waals surface area contributed by atoms with Gasteiger partial charge in [-0.25, -0.2) is 0 Å². The van der Waals surface area contributed by atoms with Crippen LogP contribution in [0.2, 0.25) is 5.15 Å². The predicted octanol–water partition coefficient (Wildman–Crippen LogP) is 2.70. The average Bonchev–Trinajstić information content (AvgIpc) is 2.43. The fraction of sp³-hybridized carbons (Fsp3) is 0.769. The molecular formula is C13H22ClN3. The van der Waals surface area contributed by atoms with Crippen molar-refractivity contribution in [1.82, 2.24) is 15.1 Å². The van der Waals surface area contributed by atoms with Crippen molar-refractivity contribution in [2.24, 2.45) is 13.0 Å². The third-order valence-electron chi connectivity index (χ3n) is 3.88. The number of nitrogens with zero attached hydrogens (tertiary/aromatic N) is 2. The van der Waals surface area contributed by atoms with Gasteiger partial charge in [0.1, 0.15) is 5.15 Å². The Morgan fingerprint density at radius 1 is 1.53 bits per heavy atom. The minimum atomic E-state index is 0.564. The van der Waals surface area contributed by atoms with Crippen LogP contribution >= 0.6 is 11.6 Å². The largest absolute Gasteiger partial charge is 0.314 e. The zero-order valence-electron chi connectivity index (χ0n) is 11.0. The topological polar surface area (TPSA) is 29.9 Å². The van der Waals surface area contributed by atoms with Gasteiger partial charge in [-0.15, -0.1) is 0 Å². The number of aromatic nitrogens is 2. The van der Waals surface area contributed by atoms with Gasteiger partial charge in [0.15, 0.2) is 0 Å². The highest BCUT2D eigenvalue weighted by Crippen LogP contribution is 2.32. The quantitative estimate of drug-likeness (QED) is 0.877. The van der Waals surface area contributed by atoms with Crippen LogP contribution in [0, 0.1) is 12.8 Å². The van der Waals surface area contributed by atoms with E-state index in [1.54, 1.807) is 4.68 Å². The normalized spacial score (nSPS) is 18.1. The number of nitrogens with one attached hydrogen (secondary N) is 1. The molecule has 4 heteroatoms. The second-order valence-corrected chi connectivity index (χ2v) is 5.40. The van der Waals surface area contributed by atoms with E-state index in [0.717, 1.165) is 29.7 Å². The predicted molar refractivity (Wildman–Crippen MR) is 71.5 cm³/mol. The molecule has 1 unspecified atom stereocenters. The Morgan fingerprint density at radius 3 is 2.65 bits per heavy atom. The highest BCUT2D eigenvalue weighted by molar-refractivity contribution is 6.30. The molecule has 1 atom stereocenters. The van der Waals surface area contributed by atoms with Crippen molar-refractivity contribution in [3.8, 4) is 0 Å². The average molecular weight is 256 g/mol. The molecule has 2 rings (SSSR count). The van der Waals surface area contributed by atoms with Gasteiger partial charge in [0.2, 0.25) is 0 Å². The number of likely N-dealkylation sites (N-methyl/N-ethyl adjacent to an activating group) is 1. The molecule has 1 aliphatic rings. The Balaban J connectivity index is 2.10. The first kappa shape index (κ1) is 12.9. The van der Waals surface area contributed by atoms with Gasteiger partial charge in [0.05, 0.1) is 5.69 Å². The molecule has 1 aliphatic carbocycles. The second-order valence-electron chi connectivity index (χ2n) is 5.04. The molecule has 96 valence electrons. The maximum Gasteiger partial charge on any atom is 0.130 e. The number of aryl methyl sites for hydroxylation is 2. The maximum atomic E-state index is 6.30. The second kappa shape index (κ2) is 5.40. The standard InChI is InChI=1S/C13H22ClN3/c1-4-15-12(10-6-5-7-10)8-11-9(2)16-17(3)13(11)14/h10,12,15H,4-8H2,1-3H3. The first-order valence-corrected chi connectivity index (χ1v) is 6.92. The van der Waals surface area contributed by atoms with Crippen LogP contribution in [-0.4, -0.2) is 22.4 Å². The molecule has 1 aromatic heterocycles. The van der Waals surface area contributed by atoms with Gasteiger partial charge in [0, 0.05) is 18.7 Å². The van der Waals surface area contributed by atoms with Gasteiger partial charge < -0.3 is 5.32 Å². The summed E-state index contributed by atoms with van der Waals surface area (Å²) in [6.45, 7) is 5.24. The molecule has 0 aromatic carbocycles. The molecule has 1 N–H and O–H groups in total. The smallest absolute Gasteiger partial charge is 0.130 e. The lowest BCUT2D eigenvalue weighted by Gasteiger charge is -2.34. The van der Waals surface area contributed by atoms with Crippen LogP contribution in [0.1, 0.15) is 37.4 Å². The van der Waals surface area contributed by atoms with Crippen LogP contribution in [-0.2, 0) is 13.5 Å². The van der Waals surface area contributed by atoms with Gasteiger partial charge in [-0.1, -0.05) is 24.9 Å². The highest BCUT2D eigenvalue weighted by Gasteiger charge is 2.28. The first-order valence-electron chi connectivity index (χ1n) is 6.54. The van der Waals surface area contributed by atoms with Crippen LogP contribution in [0.3, 0.4) is 0 Å². The Kier molecular flexibility index (Phi) is 4.10. The summed E-state index contributed by atoms with van der Waals surface area (Å²) >= 11 is 6.30. The Labute approximate surface area is 109 Å². The van der Waals surface area contributed by atoms with E-state index in [-0.39, 0.29) is 0 Å². The van der Waals surface area contributed by atoms with E-state index in [9.17, 15) is 0 Å². The number of hydrogen-bond acceptors (Lipinski definition) is 2. The molecule has 1 aromatic rings. The third kappa shape index (κ3) is 2.66. The minimum Gasteiger partial charge on any atom is -0.314 e. The highest BCUT2D eigenvalue weighted by atomic mass is 35.5. The van der Waals surface area contributed by atoms with E-state index in [1.165, 1.54) is 24.8 Å². The lowest BCUT2D eigenvalue weighted by atomic mass is 9.77. The fourth-order valence-corrected chi connectivity index (χ4v) is 2.89. The molecule has 1 fully saturated rings. The van der Waals surface area contributed by atoms with Crippen molar-refractivity contribution >= 4 is 11.6 Å². The first-order chi connectivity index (χ1) is 8.13. The van der Waals surface area contributed by atoms with Crippen molar-refractivity contribution in [2.75, 3.05) is 6.54 Å². The molecule has 17 heavy (non-hydrogen) atoms. The van der Waals surface area contributed by atoms with Crippen LogP contribution in [0.25, 0.3) is 0 Å². The van der Waals surface area contributed by atoms with Crippen molar-refractivity contribution in [2.45, 2.75) is 45.6 Å².